The van der Waals surface area contributed by atoms with E-state index in [1.807, 2.05) is 0 Å². The lowest BCUT2D eigenvalue weighted by Crippen LogP contribution is -2.36. The maximum Gasteiger partial charge on any atom is 0.190 e. The van der Waals surface area contributed by atoms with Gasteiger partial charge < -0.3 is 19.7 Å². The fraction of sp³-hybridized carbons (Fsp3) is 0.400. The molecule has 2 N–H and O–H groups in total. The lowest BCUT2D eigenvalue weighted by atomic mass is 9.60. The van der Waals surface area contributed by atoms with Crippen molar-refractivity contribution in [3.05, 3.63) is 58.7 Å². The molecule has 0 aliphatic heterocycles. The Morgan fingerprint density at radius 2 is 1.07 bits per heavy atom. The minimum atomic E-state index is -0.946. The number of ether oxygens (including phenoxy) is 2. The topological polar surface area (TPSA) is 58.9 Å². The van der Waals surface area contributed by atoms with Crippen LogP contribution in [0.1, 0.15) is 30.4 Å². The van der Waals surface area contributed by atoms with Crippen molar-refractivity contribution in [1.82, 2.24) is 0 Å². The first kappa shape index (κ1) is 20.4. The van der Waals surface area contributed by atoms with Gasteiger partial charge in [0, 0.05) is 5.41 Å². The molecule has 0 heterocycles. The summed E-state index contributed by atoms with van der Waals surface area (Å²) in [5, 5.41) is 17.5. The Balaban J connectivity index is 2.01. The minimum Gasteiger partial charge on any atom is -0.485 e. The molecular weight excluding hydrogens is 380 g/mol. The lowest BCUT2D eigenvalue weighted by Gasteiger charge is -2.43. The quantitative estimate of drug-likeness (QED) is 0.667. The van der Waals surface area contributed by atoms with Gasteiger partial charge in [0.15, 0.2) is 34.8 Å². The molecule has 1 aliphatic rings. The van der Waals surface area contributed by atoms with E-state index >= 15 is 0 Å². The summed E-state index contributed by atoms with van der Waals surface area (Å²) in [4.78, 5) is 0. The van der Waals surface area contributed by atoms with Gasteiger partial charge in [0.2, 0.25) is 0 Å². The van der Waals surface area contributed by atoms with Gasteiger partial charge >= 0.3 is 0 Å². The molecule has 0 aromatic heterocycles. The van der Waals surface area contributed by atoms with Crippen LogP contribution in [0.3, 0.4) is 0 Å². The van der Waals surface area contributed by atoms with Gasteiger partial charge in [-0.15, -0.1) is 0 Å². The number of hydrogen-bond donors (Lipinski definition) is 2. The summed E-state index contributed by atoms with van der Waals surface area (Å²) in [5.41, 5.74) is -0.408. The molecule has 1 saturated carbocycles. The second kappa shape index (κ2) is 8.36. The van der Waals surface area contributed by atoms with Crippen molar-refractivity contribution < 1.29 is 37.2 Å². The zero-order chi connectivity index (χ0) is 20.3. The Bertz CT molecular complexity index is 741. The fourth-order valence-corrected chi connectivity index (χ4v) is 3.52. The third-order valence-electron chi connectivity index (χ3n) is 4.98. The van der Waals surface area contributed by atoms with Crippen molar-refractivity contribution in [2.45, 2.75) is 24.7 Å². The van der Waals surface area contributed by atoms with Gasteiger partial charge in [-0.25, -0.2) is 17.6 Å². The zero-order valence-corrected chi connectivity index (χ0v) is 15.0. The third-order valence-corrected chi connectivity index (χ3v) is 4.98. The summed E-state index contributed by atoms with van der Waals surface area (Å²) in [5.74, 6) is -4.98. The Morgan fingerprint density at radius 3 is 1.32 bits per heavy atom. The summed E-state index contributed by atoms with van der Waals surface area (Å²) in [7, 11) is 0. The normalized spacial score (nSPS) is 15.2. The Morgan fingerprint density at radius 1 is 0.714 bits per heavy atom. The van der Waals surface area contributed by atoms with Crippen LogP contribution in [0.4, 0.5) is 17.6 Å². The number of benzene rings is 2. The molecule has 152 valence electrons. The van der Waals surface area contributed by atoms with Crippen LogP contribution in [0.15, 0.2) is 24.3 Å². The van der Waals surface area contributed by atoms with E-state index in [1.54, 1.807) is 0 Å². The molecule has 1 aliphatic carbocycles. The van der Waals surface area contributed by atoms with Crippen LogP contribution in [0.25, 0.3) is 0 Å². The van der Waals surface area contributed by atoms with Crippen molar-refractivity contribution in [2.24, 2.45) is 0 Å². The minimum absolute atomic E-state index is 0.257. The van der Waals surface area contributed by atoms with E-state index in [-0.39, 0.29) is 24.3 Å². The first-order chi connectivity index (χ1) is 13.4. The molecule has 1 fully saturated rings. The first-order valence-corrected chi connectivity index (χ1v) is 8.89. The third kappa shape index (κ3) is 3.66. The number of hydrogen-bond acceptors (Lipinski definition) is 4. The van der Waals surface area contributed by atoms with E-state index < -0.39 is 53.4 Å². The molecule has 0 radical (unpaired) electrons. The molecule has 4 nitrogen and oxygen atoms in total. The van der Waals surface area contributed by atoms with Gasteiger partial charge in [-0.3, -0.25) is 0 Å². The Labute approximate surface area is 159 Å². The highest BCUT2D eigenvalue weighted by molar-refractivity contribution is 5.47. The second-order valence-electron chi connectivity index (χ2n) is 6.62. The van der Waals surface area contributed by atoms with E-state index in [1.165, 1.54) is 0 Å². The smallest absolute Gasteiger partial charge is 0.190 e. The zero-order valence-electron chi connectivity index (χ0n) is 15.0. The SMILES string of the molecule is OCCOc1c(F)cc(C2(c3cc(F)c(OCCO)c(F)c3)CCC2)cc1F. The molecule has 28 heavy (non-hydrogen) atoms. The molecule has 0 atom stereocenters. The van der Waals surface area contributed by atoms with E-state index in [9.17, 15) is 17.6 Å². The predicted molar refractivity (Wildman–Crippen MR) is 92.5 cm³/mol. The van der Waals surface area contributed by atoms with Crippen LogP contribution in [0.5, 0.6) is 11.5 Å². The maximum atomic E-state index is 14.4. The van der Waals surface area contributed by atoms with Gasteiger partial charge in [0.05, 0.1) is 13.2 Å². The summed E-state index contributed by atoms with van der Waals surface area (Å²) in [6, 6.07) is 4.39. The van der Waals surface area contributed by atoms with Crippen molar-refractivity contribution in [1.29, 1.82) is 0 Å². The molecule has 0 amide bonds. The van der Waals surface area contributed by atoms with Gasteiger partial charge in [-0.1, -0.05) is 6.42 Å². The summed E-state index contributed by atoms with van der Waals surface area (Å²) in [6.45, 7) is -1.31. The average Bonchev–Trinajstić information content (AvgIpc) is 2.59. The molecule has 0 bridgehead atoms. The van der Waals surface area contributed by atoms with Crippen LogP contribution < -0.4 is 9.47 Å². The van der Waals surface area contributed by atoms with Crippen LogP contribution in [-0.2, 0) is 5.41 Å². The number of rotatable bonds is 8. The van der Waals surface area contributed by atoms with Gasteiger partial charge in [-0.05, 0) is 48.2 Å². The molecular formula is C20H20F4O4. The molecule has 3 rings (SSSR count). The van der Waals surface area contributed by atoms with E-state index in [2.05, 4.69) is 0 Å². The highest BCUT2D eigenvalue weighted by Gasteiger charge is 2.42. The highest BCUT2D eigenvalue weighted by atomic mass is 19.1. The molecule has 2 aromatic rings. The van der Waals surface area contributed by atoms with Crippen LogP contribution in [0, 0.1) is 23.3 Å². The van der Waals surface area contributed by atoms with Crippen LogP contribution >= 0.6 is 0 Å². The molecule has 8 heteroatoms. The first-order valence-electron chi connectivity index (χ1n) is 8.89. The van der Waals surface area contributed by atoms with Crippen LogP contribution in [0.2, 0.25) is 0 Å². The number of aliphatic hydroxyl groups is 2. The molecule has 2 aromatic carbocycles. The predicted octanol–water partition coefficient (Wildman–Crippen LogP) is 3.46. The van der Waals surface area contributed by atoms with E-state index in [0.717, 1.165) is 30.7 Å². The van der Waals surface area contributed by atoms with E-state index in [0.29, 0.717) is 12.8 Å². The second-order valence-corrected chi connectivity index (χ2v) is 6.62. The molecule has 0 unspecified atom stereocenters. The lowest BCUT2D eigenvalue weighted by molar-refractivity contribution is 0.190. The van der Waals surface area contributed by atoms with Gasteiger partial charge in [0.1, 0.15) is 13.2 Å². The summed E-state index contributed by atoms with van der Waals surface area (Å²) >= 11 is 0. The average molecular weight is 400 g/mol. The Hall–Kier alpha value is -2.32. The Kier molecular flexibility index (Phi) is 6.10. The fourth-order valence-electron chi connectivity index (χ4n) is 3.52. The van der Waals surface area contributed by atoms with E-state index in [4.69, 9.17) is 19.7 Å². The van der Waals surface area contributed by atoms with Crippen molar-refractivity contribution in [3.8, 4) is 11.5 Å². The summed E-state index contributed by atoms with van der Waals surface area (Å²) in [6.07, 6.45) is 1.68. The largest absolute Gasteiger partial charge is 0.485 e. The van der Waals surface area contributed by atoms with Crippen molar-refractivity contribution in [2.75, 3.05) is 26.4 Å². The van der Waals surface area contributed by atoms with Crippen LogP contribution in [-0.4, -0.2) is 36.6 Å². The monoisotopic (exact) mass is 400 g/mol. The van der Waals surface area contributed by atoms with Gasteiger partial charge in [-0.2, -0.15) is 0 Å². The molecule has 0 saturated heterocycles. The van der Waals surface area contributed by atoms with Crippen molar-refractivity contribution in [3.63, 3.8) is 0 Å². The summed E-state index contributed by atoms with van der Waals surface area (Å²) < 4.78 is 67.2. The standard InChI is InChI=1S/C20H20F4O4/c21-14-8-12(9-15(22)18(14)27-6-4-25)20(2-1-3-20)13-10-16(23)19(17(24)11-13)28-7-5-26/h8-11,25-26H,1-7H2. The number of halogens is 4. The molecule has 0 spiro atoms. The van der Waals surface area contributed by atoms with Gasteiger partial charge in [0.25, 0.3) is 0 Å². The highest BCUT2D eigenvalue weighted by Crippen LogP contribution is 2.50. The van der Waals surface area contributed by atoms with Crippen molar-refractivity contribution >= 4 is 0 Å². The maximum absolute atomic E-state index is 14.4. The number of aliphatic hydroxyl groups excluding tert-OH is 2.